The Morgan fingerprint density at radius 3 is 1.22 bits per heavy atom. The monoisotopic (exact) mass is 158 g/mol. The second kappa shape index (κ2) is 8.57. The van der Waals surface area contributed by atoms with Gasteiger partial charge < -0.3 is 14.7 Å². The van der Waals surface area contributed by atoms with E-state index in [1.807, 2.05) is 0 Å². The molecule has 0 aliphatic heterocycles. The maximum absolute atomic E-state index is 9.62. The van der Waals surface area contributed by atoms with E-state index in [4.69, 9.17) is 19.2 Å². The van der Waals surface area contributed by atoms with Gasteiger partial charge in [0.2, 0.25) is 6.93 Å². The van der Waals surface area contributed by atoms with Gasteiger partial charge in [0.05, 0.1) is 0 Å². The Morgan fingerprint density at radius 2 is 1.22 bits per heavy atom. The molecule has 0 saturated heterocycles. The molecule has 0 rings (SSSR count). The van der Waals surface area contributed by atoms with Gasteiger partial charge in [0.1, 0.15) is 0 Å². The van der Waals surface area contributed by atoms with Gasteiger partial charge in [-0.15, -0.1) is 0 Å². The van der Waals surface area contributed by atoms with E-state index in [0.29, 0.717) is 0 Å². The quantitative estimate of drug-likeness (QED) is 0.322. The van der Waals surface area contributed by atoms with Crippen molar-refractivity contribution in [3.63, 3.8) is 0 Å². The third-order valence-corrected chi connectivity index (χ3v) is 0. The van der Waals surface area contributed by atoms with Crippen LogP contribution in [0.1, 0.15) is 0 Å². The number of halogens is 2. The van der Waals surface area contributed by atoms with Crippen LogP contribution in [0.3, 0.4) is 0 Å². The third kappa shape index (κ3) is 1150. The van der Waals surface area contributed by atoms with Gasteiger partial charge in [-0.1, -0.05) is 0 Å². The van der Waals surface area contributed by atoms with Gasteiger partial charge >= 0.3 is 26.7 Å². The molecular formula is CH6F2LiO4P. The Labute approximate surface area is 62.3 Å². The molecule has 0 aromatic heterocycles. The predicted molar refractivity (Wildman–Crippen MR) is 28.5 cm³/mol. The molecule has 0 bridgehead atoms. The molecule has 0 amide bonds. The summed E-state index contributed by atoms with van der Waals surface area (Å²) in [5, 5.41) is 0. The summed E-state index contributed by atoms with van der Waals surface area (Å²) in [6.45, 7) is -1.75. The van der Waals surface area contributed by atoms with Crippen molar-refractivity contribution >= 4 is 26.7 Å². The summed E-state index contributed by atoms with van der Waals surface area (Å²) in [6, 6.07) is 0. The van der Waals surface area contributed by atoms with E-state index in [1.54, 1.807) is 0 Å². The molecule has 0 aliphatic carbocycles. The Kier molecular flexibility index (Phi) is 15.5. The van der Waals surface area contributed by atoms with E-state index in [9.17, 15) is 8.78 Å². The van der Waals surface area contributed by atoms with Gasteiger partial charge in [0.15, 0.2) is 0 Å². The predicted octanol–water partition coefficient (Wildman–Crippen LogP) is -0.694. The zero-order chi connectivity index (χ0) is 7.21. The summed E-state index contributed by atoms with van der Waals surface area (Å²) in [5.74, 6) is 0. The van der Waals surface area contributed by atoms with Gasteiger partial charge in [0.25, 0.3) is 0 Å². The summed E-state index contributed by atoms with van der Waals surface area (Å²) < 4.78 is 28.1. The molecule has 0 aliphatic rings. The van der Waals surface area contributed by atoms with E-state index >= 15 is 0 Å². The van der Waals surface area contributed by atoms with Crippen LogP contribution in [0.4, 0.5) is 8.78 Å². The fraction of sp³-hybridized carbons (Fsp3) is 1.00. The fourth-order valence-corrected chi connectivity index (χ4v) is 0. The second-order valence-corrected chi connectivity index (χ2v) is 1.64. The number of alkyl halides is 2. The van der Waals surface area contributed by atoms with Crippen molar-refractivity contribution in [2.45, 2.75) is 0 Å². The van der Waals surface area contributed by atoms with Gasteiger partial charge in [-0.3, -0.25) is 0 Å². The van der Waals surface area contributed by atoms with E-state index in [1.165, 1.54) is 0 Å². The Morgan fingerprint density at radius 1 is 1.22 bits per heavy atom. The molecule has 8 heteroatoms. The Bertz CT molecular complexity index is 74.4. The number of phosphoric acid groups is 1. The molecule has 0 radical (unpaired) electrons. The van der Waals surface area contributed by atoms with E-state index in [-0.39, 0.29) is 18.9 Å². The van der Waals surface area contributed by atoms with Crippen LogP contribution >= 0.6 is 7.82 Å². The van der Waals surface area contributed by atoms with Crippen LogP contribution < -0.4 is 0 Å². The molecule has 54 valence electrons. The average molecular weight is 158 g/mol. The molecule has 4 nitrogen and oxygen atoms in total. The van der Waals surface area contributed by atoms with Crippen molar-refractivity contribution in [3.8, 4) is 0 Å². The van der Waals surface area contributed by atoms with Crippen molar-refractivity contribution in [1.82, 2.24) is 0 Å². The minimum absolute atomic E-state index is 0. The molecular weight excluding hydrogens is 152 g/mol. The maximum atomic E-state index is 9.62. The molecule has 0 heterocycles. The Hall–Kier alpha value is 0.567. The van der Waals surface area contributed by atoms with Crippen LogP contribution in [0.2, 0.25) is 0 Å². The standard InChI is InChI=1S/CH2F2.Li.H3O4P.H/c2-1-3;;1-5(2,3)4;/h1H2;;(H3,1,2,3,4);. The molecule has 0 fully saturated rings. The van der Waals surface area contributed by atoms with Crippen LogP contribution in [0.15, 0.2) is 0 Å². The summed E-state index contributed by atoms with van der Waals surface area (Å²) >= 11 is 0. The summed E-state index contributed by atoms with van der Waals surface area (Å²) in [7, 11) is -4.64. The van der Waals surface area contributed by atoms with Crippen LogP contribution in [0, 0.1) is 0 Å². The second-order valence-electron chi connectivity index (χ2n) is 0.614. The first-order valence-corrected chi connectivity index (χ1v) is 2.88. The number of rotatable bonds is 0. The molecule has 9 heavy (non-hydrogen) atoms. The summed E-state index contributed by atoms with van der Waals surface area (Å²) in [6.07, 6.45) is 0. The molecule has 3 N–H and O–H groups in total. The molecule has 0 atom stereocenters. The topological polar surface area (TPSA) is 77.8 Å². The van der Waals surface area contributed by atoms with Crippen molar-refractivity contribution < 1.29 is 28.0 Å². The first-order valence-electron chi connectivity index (χ1n) is 1.32. The third-order valence-electron chi connectivity index (χ3n) is 0. The summed E-state index contributed by atoms with van der Waals surface area (Å²) in [5.41, 5.74) is 0. The first-order chi connectivity index (χ1) is 3.41. The SMILES string of the molecule is FCF.O=P(O)(O)O.[LiH]. The fourth-order valence-electron chi connectivity index (χ4n) is 0. The van der Waals surface area contributed by atoms with Crippen LogP contribution in [0.5, 0.6) is 0 Å². The van der Waals surface area contributed by atoms with Crippen LogP contribution in [-0.2, 0) is 4.57 Å². The van der Waals surface area contributed by atoms with E-state index in [0.717, 1.165) is 0 Å². The van der Waals surface area contributed by atoms with Gasteiger partial charge in [-0.05, 0) is 0 Å². The van der Waals surface area contributed by atoms with E-state index in [2.05, 4.69) is 0 Å². The van der Waals surface area contributed by atoms with Gasteiger partial charge in [-0.2, -0.15) is 0 Å². The molecule has 0 saturated carbocycles. The van der Waals surface area contributed by atoms with Crippen molar-refractivity contribution in [2.24, 2.45) is 0 Å². The zero-order valence-corrected chi connectivity index (χ0v) is 4.55. The molecule has 0 aromatic carbocycles. The minimum atomic E-state index is -4.64. The number of hydrogen-bond donors (Lipinski definition) is 3. The van der Waals surface area contributed by atoms with Crippen LogP contribution in [-0.4, -0.2) is 40.5 Å². The zero-order valence-electron chi connectivity index (χ0n) is 3.66. The van der Waals surface area contributed by atoms with Crippen molar-refractivity contribution in [3.05, 3.63) is 0 Å². The Balaban J connectivity index is -0.0000000800. The molecule has 0 aromatic rings. The average Bonchev–Trinajstić information content (AvgIpc) is 1.27. The normalized spacial score (nSPS) is 8.56. The van der Waals surface area contributed by atoms with Gasteiger partial charge in [0, 0.05) is 0 Å². The number of hydrogen-bond acceptors (Lipinski definition) is 1. The molecule has 0 unspecified atom stereocenters. The van der Waals surface area contributed by atoms with Crippen LogP contribution in [0.25, 0.3) is 0 Å². The first kappa shape index (κ1) is 16.3. The van der Waals surface area contributed by atoms with E-state index < -0.39 is 14.8 Å². The van der Waals surface area contributed by atoms with Crippen molar-refractivity contribution in [1.29, 1.82) is 0 Å². The molecule has 0 spiro atoms. The van der Waals surface area contributed by atoms with Gasteiger partial charge in [-0.25, -0.2) is 13.3 Å². The van der Waals surface area contributed by atoms with Crippen molar-refractivity contribution in [2.75, 3.05) is 6.93 Å². The summed E-state index contributed by atoms with van der Waals surface area (Å²) in [4.78, 5) is 21.6.